The summed E-state index contributed by atoms with van der Waals surface area (Å²) in [6, 6.07) is 42.6. The predicted octanol–water partition coefficient (Wildman–Crippen LogP) is 11.7. The number of carbonyl (C=O) groups excluding carboxylic acids is 2. The van der Waals surface area contributed by atoms with Crippen LogP contribution in [-0.4, -0.2) is 22.8 Å². The minimum Gasteiger partial charge on any atom is -0.271 e. The van der Waals surface area contributed by atoms with E-state index in [1.165, 1.54) is 0 Å². The van der Waals surface area contributed by atoms with E-state index in [1.807, 2.05) is 0 Å². The van der Waals surface area contributed by atoms with Gasteiger partial charge in [0.1, 0.15) is 0 Å². The zero-order valence-electron chi connectivity index (χ0n) is 26.8. The van der Waals surface area contributed by atoms with Crippen LogP contribution in [0.25, 0.3) is 86.2 Å². The van der Waals surface area contributed by atoms with Crippen molar-refractivity contribution >= 4 is 98.0 Å². The van der Waals surface area contributed by atoms with E-state index >= 15 is 9.59 Å². The molecule has 10 rings (SSSR count). The van der Waals surface area contributed by atoms with Crippen LogP contribution in [0.1, 0.15) is 47.4 Å². The molecule has 0 radical (unpaired) electrons. The van der Waals surface area contributed by atoms with Gasteiger partial charge >= 0.3 is 0 Å². The molecule has 48 heavy (non-hydrogen) atoms. The highest BCUT2D eigenvalue weighted by molar-refractivity contribution is 6.49. The molecule has 0 unspecified atom stereocenters. The van der Waals surface area contributed by atoms with Crippen LogP contribution in [0.15, 0.2) is 121 Å². The molecule has 0 N–H and O–H groups in total. The van der Waals surface area contributed by atoms with Gasteiger partial charge in [-0.15, -0.1) is 0 Å². The molecule has 0 atom stereocenters. The molecule has 1 aliphatic heterocycles. The number of hydrogen-bond donors (Lipinski definition) is 0. The van der Waals surface area contributed by atoms with Gasteiger partial charge in [0, 0.05) is 22.2 Å². The molecule has 3 heteroatoms. The lowest BCUT2D eigenvalue weighted by atomic mass is 9.81. The van der Waals surface area contributed by atoms with Gasteiger partial charge in [0.05, 0.1) is 11.1 Å². The molecule has 3 nitrogen and oxygen atoms in total. The Balaban J connectivity index is 1.65. The Morgan fingerprint density at radius 1 is 0.396 bits per heavy atom. The summed E-state index contributed by atoms with van der Waals surface area (Å²) in [6.45, 7) is 4.14. The Kier molecular flexibility index (Phi) is 5.61. The number of benzene rings is 9. The molecular weight excluding hydrogens is 587 g/mol. The molecule has 1 heterocycles. The molecule has 2 amide bonds. The number of carbonyl (C=O) groups is 2. The minimum absolute atomic E-state index is 0.179. The zero-order chi connectivity index (χ0) is 32.3. The van der Waals surface area contributed by atoms with Gasteiger partial charge in [-0.05, 0) is 82.9 Å². The summed E-state index contributed by atoms with van der Waals surface area (Å²) in [5, 5.41) is 17.1. The third kappa shape index (κ3) is 3.33. The summed E-state index contributed by atoms with van der Waals surface area (Å²) in [6.07, 6.45) is 1.41. The summed E-state index contributed by atoms with van der Waals surface area (Å²) >= 11 is 0. The Labute approximate surface area is 277 Å². The average Bonchev–Trinajstić information content (AvgIpc) is 3.40. The fourth-order valence-electron chi connectivity index (χ4n) is 8.94. The molecule has 9 aromatic carbocycles. The highest BCUT2D eigenvalue weighted by Gasteiger charge is 2.43. The molecule has 0 spiro atoms. The molecule has 228 valence electrons. The highest BCUT2D eigenvalue weighted by atomic mass is 16.2. The van der Waals surface area contributed by atoms with Crippen LogP contribution >= 0.6 is 0 Å². The molecular formula is C45H31NO2. The summed E-state index contributed by atoms with van der Waals surface area (Å²) in [5.41, 5.74) is 1.09. The Hall–Kier alpha value is -5.80. The van der Waals surface area contributed by atoms with Crippen LogP contribution in [0.2, 0.25) is 0 Å². The van der Waals surface area contributed by atoms with E-state index in [2.05, 4.69) is 135 Å². The monoisotopic (exact) mass is 617 g/mol. The first-order valence-electron chi connectivity index (χ1n) is 17.0. The van der Waals surface area contributed by atoms with Crippen LogP contribution < -0.4 is 0 Å². The first kappa shape index (κ1) is 27.3. The van der Waals surface area contributed by atoms with Crippen molar-refractivity contribution < 1.29 is 9.59 Å². The van der Waals surface area contributed by atoms with Gasteiger partial charge in [0.2, 0.25) is 0 Å². The summed E-state index contributed by atoms with van der Waals surface area (Å²) < 4.78 is 0. The van der Waals surface area contributed by atoms with Crippen molar-refractivity contribution in [3.63, 3.8) is 0 Å². The Morgan fingerprint density at radius 2 is 0.792 bits per heavy atom. The van der Waals surface area contributed by atoms with Crippen LogP contribution in [0, 0.1) is 0 Å². The van der Waals surface area contributed by atoms with Crippen molar-refractivity contribution in [2.45, 2.75) is 32.7 Å². The van der Waals surface area contributed by atoms with Gasteiger partial charge in [-0.2, -0.15) is 0 Å². The molecule has 0 aromatic heterocycles. The van der Waals surface area contributed by atoms with E-state index in [0.29, 0.717) is 24.0 Å². The third-order valence-corrected chi connectivity index (χ3v) is 11.0. The number of hydrogen-bond acceptors (Lipinski definition) is 2. The maximum Gasteiger partial charge on any atom is 0.262 e. The minimum atomic E-state index is -0.182. The van der Waals surface area contributed by atoms with Crippen molar-refractivity contribution in [1.82, 2.24) is 4.90 Å². The van der Waals surface area contributed by atoms with E-state index in [4.69, 9.17) is 0 Å². The van der Waals surface area contributed by atoms with Crippen LogP contribution in [0.4, 0.5) is 0 Å². The van der Waals surface area contributed by atoms with E-state index in [9.17, 15) is 0 Å². The van der Waals surface area contributed by atoms with E-state index in [-0.39, 0.29) is 17.9 Å². The quantitative estimate of drug-likeness (QED) is 0.146. The van der Waals surface area contributed by atoms with Gasteiger partial charge in [-0.1, -0.05) is 135 Å². The maximum atomic E-state index is 15.1. The third-order valence-electron chi connectivity index (χ3n) is 11.0. The second-order valence-electron chi connectivity index (χ2n) is 13.2. The molecule has 0 aliphatic carbocycles. The molecule has 0 saturated heterocycles. The fourth-order valence-corrected chi connectivity index (χ4v) is 8.94. The SMILES string of the molecule is CCC(CC)N1C(=O)c2c(c3c4ccccc4c4ccc5ccccc5c4c3c3c4ccccc4c4ccc5ccccc5c4c23)C1=O. The van der Waals surface area contributed by atoms with Crippen molar-refractivity contribution in [2.24, 2.45) is 0 Å². The summed E-state index contributed by atoms with van der Waals surface area (Å²) in [5.74, 6) is -0.357. The standard InChI is InChI=1S/C45H31NO2/c1-3-27(4-2)46-44(47)42-39-33-20-12-10-18-31(33)34-23-21-25-13-5-7-15-28(25)36(34)40(39)38-32-19-11-9-17-30(32)35-24-22-26-14-6-8-16-29(26)37(35)41(38)43(42)45(46)48/h5-24,27H,3-4H2,1-2H3. The van der Waals surface area contributed by atoms with Crippen molar-refractivity contribution in [1.29, 1.82) is 0 Å². The number of nitrogens with zero attached hydrogens (tertiary/aromatic N) is 1. The lowest BCUT2D eigenvalue weighted by Gasteiger charge is -2.23. The Bertz CT molecular complexity index is 2910. The summed E-state index contributed by atoms with van der Waals surface area (Å²) in [4.78, 5) is 31.7. The molecule has 0 fully saturated rings. The molecule has 0 bridgehead atoms. The lowest BCUT2D eigenvalue weighted by molar-refractivity contribution is 0.0577. The van der Waals surface area contributed by atoms with Crippen LogP contribution in [0.5, 0.6) is 0 Å². The lowest BCUT2D eigenvalue weighted by Crippen LogP contribution is -2.39. The van der Waals surface area contributed by atoms with Crippen molar-refractivity contribution in [3.8, 4) is 0 Å². The van der Waals surface area contributed by atoms with E-state index < -0.39 is 0 Å². The second kappa shape index (κ2) is 9.85. The van der Waals surface area contributed by atoms with Gasteiger partial charge < -0.3 is 0 Å². The van der Waals surface area contributed by atoms with Gasteiger partial charge in [0.25, 0.3) is 11.8 Å². The number of amides is 2. The fraction of sp³-hybridized carbons (Fsp3) is 0.111. The van der Waals surface area contributed by atoms with E-state index in [1.54, 1.807) is 4.90 Å². The normalized spacial score (nSPS) is 13.6. The van der Waals surface area contributed by atoms with Crippen molar-refractivity contribution in [3.05, 3.63) is 132 Å². The summed E-state index contributed by atoms with van der Waals surface area (Å²) in [7, 11) is 0. The first-order chi connectivity index (χ1) is 23.6. The first-order valence-corrected chi connectivity index (χ1v) is 17.0. The van der Waals surface area contributed by atoms with Gasteiger partial charge in [-0.3, -0.25) is 14.5 Å². The maximum absolute atomic E-state index is 15.1. The predicted molar refractivity (Wildman–Crippen MR) is 201 cm³/mol. The second-order valence-corrected chi connectivity index (χ2v) is 13.2. The topological polar surface area (TPSA) is 37.4 Å². The van der Waals surface area contributed by atoms with Crippen LogP contribution in [0.3, 0.4) is 0 Å². The highest BCUT2D eigenvalue weighted by Crippen LogP contribution is 2.52. The smallest absolute Gasteiger partial charge is 0.262 e. The molecule has 0 saturated carbocycles. The molecule has 1 aliphatic rings. The van der Waals surface area contributed by atoms with E-state index in [0.717, 1.165) is 86.2 Å². The van der Waals surface area contributed by atoms with Gasteiger partial charge in [0.15, 0.2) is 0 Å². The molecule has 9 aromatic rings. The number of rotatable bonds is 3. The number of fused-ring (bicyclic) bond motifs is 20. The van der Waals surface area contributed by atoms with Gasteiger partial charge in [-0.25, -0.2) is 0 Å². The van der Waals surface area contributed by atoms with Crippen molar-refractivity contribution in [2.75, 3.05) is 0 Å². The zero-order valence-corrected chi connectivity index (χ0v) is 26.8. The Morgan fingerprint density at radius 3 is 1.31 bits per heavy atom. The largest absolute Gasteiger partial charge is 0.271 e. The van der Waals surface area contributed by atoms with Crippen LogP contribution in [-0.2, 0) is 0 Å². The average molecular weight is 618 g/mol. The number of imide groups is 1.